The van der Waals surface area contributed by atoms with Crippen LogP contribution < -0.4 is 5.32 Å². The van der Waals surface area contributed by atoms with Gasteiger partial charge >= 0.3 is 0 Å². The van der Waals surface area contributed by atoms with Crippen LogP contribution in [0.2, 0.25) is 0 Å². The third-order valence-corrected chi connectivity index (χ3v) is 4.48. The van der Waals surface area contributed by atoms with Crippen molar-refractivity contribution in [3.05, 3.63) is 16.1 Å². The van der Waals surface area contributed by atoms with Crippen molar-refractivity contribution < 1.29 is 4.79 Å². The maximum absolute atomic E-state index is 11.9. The molecule has 1 aromatic rings. The SMILES string of the molecule is Cc1nc(CC(=O)NC2CCN(C3CC3)C2)cs1. The van der Waals surface area contributed by atoms with Crippen molar-refractivity contribution in [1.29, 1.82) is 0 Å². The summed E-state index contributed by atoms with van der Waals surface area (Å²) in [4.78, 5) is 18.7. The number of nitrogens with one attached hydrogen (secondary N) is 1. The molecule has 0 spiro atoms. The highest BCUT2D eigenvalue weighted by atomic mass is 32.1. The molecule has 0 bridgehead atoms. The Morgan fingerprint density at radius 1 is 1.56 bits per heavy atom. The molecule has 1 aliphatic carbocycles. The van der Waals surface area contributed by atoms with Crippen molar-refractivity contribution in [2.45, 2.75) is 44.7 Å². The quantitative estimate of drug-likeness (QED) is 0.894. The lowest BCUT2D eigenvalue weighted by molar-refractivity contribution is -0.121. The average molecular weight is 265 g/mol. The first kappa shape index (κ1) is 12.1. The zero-order valence-electron chi connectivity index (χ0n) is 10.7. The van der Waals surface area contributed by atoms with Gasteiger partial charge in [0.25, 0.3) is 0 Å². The van der Waals surface area contributed by atoms with Crippen LogP contribution in [0.3, 0.4) is 0 Å². The minimum atomic E-state index is 0.114. The lowest BCUT2D eigenvalue weighted by Gasteiger charge is -2.15. The minimum Gasteiger partial charge on any atom is -0.352 e. The molecule has 4 nitrogen and oxygen atoms in total. The van der Waals surface area contributed by atoms with Gasteiger partial charge in [0.15, 0.2) is 0 Å². The van der Waals surface area contributed by atoms with Gasteiger partial charge in [-0.3, -0.25) is 9.69 Å². The van der Waals surface area contributed by atoms with Gasteiger partial charge in [0.05, 0.1) is 17.1 Å². The molecule has 2 heterocycles. The normalized spacial score (nSPS) is 24.4. The van der Waals surface area contributed by atoms with Gasteiger partial charge in [-0.15, -0.1) is 11.3 Å². The van der Waals surface area contributed by atoms with Crippen molar-refractivity contribution in [3.8, 4) is 0 Å². The fraction of sp³-hybridized carbons (Fsp3) is 0.692. The molecule has 1 amide bonds. The molecule has 1 aliphatic heterocycles. The second kappa shape index (κ2) is 4.97. The van der Waals surface area contributed by atoms with Gasteiger partial charge in [0, 0.05) is 30.6 Å². The lowest BCUT2D eigenvalue weighted by Crippen LogP contribution is -2.38. The van der Waals surface area contributed by atoms with E-state index >= 15 is 0 Å². The molecule has 0 radical (unpaired) electrons. The van der Waals surface area contributed by atoms with E-state index in [1.807, 2.05) is 12.3 Å². The fourth-order valence-electron chi connectivity index (χ4n) is 2.61. The molecule has 5 heteroatoms. The number of rotatable bonds is 4. The molecule has 1 atom stereocenters. The van der Waals surface area contributed by atoms with E-state index in [4.69, 9.17) is 0 Å². The maximum Gasteiger partial charge on any atom is 0.226 e. The van der Waals surface area contributed by atoms with Gasteiger partial charge in [0.2, 0.25) is 5.91 Å². The van der Waals surface area contributed by atoms with E-state index in [1.165, 1.54) is 12.8 Å². The molecule has 1 saturated carbocycles. The Morgan fingerprint density at radius 3 is 3.06 bits per heavy atom. The van der Waals surface area contributed by atoms with Crippen molar-refractivity contribution in [1.82, 2.24) is 15.2 Å². The summed E-state index contributed by atoms with van der Waals surface area (Å²) in [6.07, 6.45) is 4.21. The van der Waals surface area contributed by atoms with Crippen LogP contribution in [0, 0.1) is 6.92 Å². The number of aromatic nitrogens is 1. The topological polar surface area (TPSA) is 45.2 Å². The highest BCUT2D eigenvalue weighted by Crippen LogP contribution is 2.29. The van der Waals surface area contributed by atoms with Gasteiger partial charge < -0.3 is 5.32 Å². The average Bonchev–Trinajstić information content (AvgIpc) is 2.95. The van der Waals surface area contributed by atoms with Crippen molar-refractivity contribution in [3.63, 3.8) is 0 Å². The van der Waals surface area contributed by atoms with Crippen LogP contribution in [0.5, 0.6) is 0 Å². The smallest absolute Gasteiger partial charge is 0.226 e. The number of hydrogen-bond donors (Lipinski definition) is 1. The van der Waals surface area contributed by atoms with Gasteiger partial charge in [-0.2, -0.15) is 0 Å². The molecule has 1 N–H and O–H groups in total. The number of carbonyl (C=O) groups excluding carboxylic acids is 1. The summed E-state index contributed by atoms with van der Waals surface area (Å²) < 4.78 is 0. The highest BCUT2D eigenvalue weighted by molar-refractivity contribution is 7.09. The fourth-order valence-corrected chi connectivity index (χ4v) is 3.22. The Labute approximate surface area is 111 Å². The molecular formula is C13H19N3OS. The van der Waals surface area contributed by atoms with E-state index in [0.29, 0.717) is 12.5 Å². The molecular weight excluding hydrogens is 246 g/mol. The molecule has 98 valence electrons. The van der Waals surface area contributed by atoms with E-state index in [1.54, 1.807) is 11.3 Å². The molecule has 1 saturated heterocycles. The molecule has 2 fully saturated rings. The highest BCUT2D eigenvalue weighted by Gasteiger charge is 2.34. The molecule has 2 aliphatic rings. The van der Waals surface area contributed by atoms with Crippen molar-refractivity contribution in [2.24, 2.45) is 0 Å². The summed E-state index contributed by atoms with van der Waals surface area (Å²) in [7, 11) is 0. The Balaban J connectivity index is 1.46. The first-order valence-corrected chi connectivity index (χ1v) is 7.53. The zero-order chi connectivity index (χ0) is 12.5. The summed E-state index contributed by atoms with van der Waals surface area (Å²) >= 11 is 1.60. The lowest BCUT2D eigenvalue weighted by atomic mass is 10.2. The summed E-state index contributed by atoms with van der Waals surface area (Å²) in [5, 5.41) is 6.13. The molecule has 18 heavy (non-hydrogen) atoms. The third-order valence-electron chi connectivity index (χ3n) is 3.66. The maximum atomic E-state index is 11.9. The Morgan fingerprint density at radius 2 is 2.39 bits per heavy atom. The molecule has 0 aromatic carbocycles. The first-order chi connectivity index (χ1) is 8.70. The molecule has 1 aromatic heterocycles. The minimum absolute atomic E-state index is 0.114. The van der Waals surface area contributed by atoms with Crippen molar-refractivity contribution >= 4 is 17.2 Å². The van der Waals surface area contributed by atoms with Gasteiger partial charge in [-0.25, -0.2) is 4.98 Å². The second-order valence-electron chi connectivity index (χ2n) is 5.31. The Hall–Kier alpha value is -0.940. The molecule has 1 unspecified atom stereocenters. The van der Waals surface area contributed by atoms with E-state index in [9.17, 15) is 4.79 Å². The largest absolute Gasteiger partial charge is 0.352 e. The first-order valence-electron chi connectivity index (χ1n) is 6.65. The van der Waals surface area contributed by atoms with E-state index < -0.39 is 0 Å². The number of likely N-dealkylation sites (tertiary alicyclic amines) is 1. The van der Waals surface area contributed by atoms with Gasteiger partial charge in [-0.1, -0.05) is 0 Å². The number of aryl methyl sites for hydroxylation is 1. The van der Waals surface area contributed by atoms with E-state index in [-0.39, 0.29) is 5.91 Å². The standard InChI is InChI=1S/C13H19N3OS/c1-9-14-11(8-18-9)6-13(17)15-10-4-5-16(7-10)12-2-3-12/h8,10,12H,2-7H2,1H3,(H,15,17). The Kier molecular flexibility index (Phi) is 3.35. The van der Waals surface area contributed by atoms with Crippen LogP contribution in [0.1, 0.15) is 30.0 Å². The summed E-state index contributed by atoms with van der Waals surface area (Å²) in [5.41, 5.74) is 0.895. The number of amides is 1. The third kappa shape index (κ3) is 2.90. The predicted octanol–water partition coefficient (Wildman–Crippen LogP) is 1.35. The Bertz CT molecular complexity index is 441. The van der Waals surface area contributed by atoms with E-state index in [0.717, 1.165) is 36.3 Å². The van der Waals surface area contributed by atoms with Crippen LogP contribution in [-0.4, -0.2) is 41.0 Å². The van der Waals surface area contributed by atoms with Crippen LogP contribution in [-0.2, 0) is 11.2 Å². The number of thiazole rings is 1. The van der Waals surface area contributed by atoms with Gasteiger partial charge in [0.1, 0.15) is 0 Å². The summed E-state index contributed by atoms with van der Waals surface area (Å²) in [6.45, 7) is 4.15. The summed E-state index contributed by atoms with van der Waals surface area (Å²) in [5.74, 6) is 0.114. The van der Waals surface area contributed by atoms with E-state index in [2.05, 4.69) is 15.2 Å². The van der Waals surface area contributed by atoms with Crippen molar-refractivity contribution in [2.75, 3.05) is 13.1 Å². The number of nitrogens with zero attached hydrogens (tertiary/aromatic N) is 2. The predicted molar refractivity (Wildman–Crippen MR) is 71.7 cm³/mol. The second-order valence-corrected chi connectivity index (χ2v) is 6.38. The summed E-state index contributed by atoms with van der Waals surface area (Å²) in [6, 6.07) is 1.16. The van der Waals surface area contributed by atoms with Gasteiger partial charge in [-0.05, 0) is 26.2 Å². The molecule has 3 rings (SSSR count). The van der Waals surface area contributed by atoms with Crippen LogP contribution in [0.15, 0.2) is 5.38 Å². The number of carbonyl (C=O) groups is 1. The van der Waals surface area contributed by atoms with Crippen LogP contribution in [0.4, 0.5) is 0 Å². The monoisotopic (exact) mass is 265 g/mol. The van der Waals surface area contributed by atoms with Crippen LogP contribution in [0.25, 0.3) is 0 Å². The number of hydrogen-bond acceptors (Lipinski definition) is 4. The zero-order valence-corrected chi connectivity index (χ0v) is 11.5. The van der Waals surface area contributed by atoms with Crippen LogP contribution >= 0.6 is 11.3 Å².